The molecule has 0 saturated carbocycles. The van der Waals surface area contributed by atoms with Crippen LogP contribution in [0.1, 0.15) is 24.1 Å². The molecule has 1 atom stereocenters. The minimum atomic E-state index is -0.803. The fourth-order valence-corrected chi connectivity index (χ4v) is 5.11. The van der Waals surface area contributed by atoms with Gasteiger partial charge in [0.2, 0.25) is 0 Å². The maximum Gasteiger partial charge on any atom is 0.338 e. The number of hydrogen-bond acceptors (Lipinski definition) is 9. The molecular formula is C27H26N2O7S. The summed E-state index contributed by atoms with van der Waals surface area (Å²) in [5.74, 6) is 0.634. The molecule has 1 aliphatic heterocycles. The molecule has 1 N–H and O–H groups in total. The van der Waals surface area contributed by atoms with Crippen molar-refractivity contribution in [1.82, 2.24) is 4.57 Å². The van der Waals surface area contributed by atoms with Crippen molar-refractivity contribution < 1.29 is 28.8 Å². The fourth-order valence-electron chi connectivity index (χ4n) is 4.07. The third-order valence-electron chi connectivity index (χ3n) is 5.79. The summed E-state index contributed by atoms with van der Waals surface area (Å²) in [6.07, 6.45) is 3.31. The largest absolute Gasteiger partial charge is 0.504 e. The van der Waals surface area contributed by atoms with Crippen LogP contribution in [0.25, 0.3) is 6.08 Å². The first-order valence-corrected chi connectivity index (χ1v) is 12.0. The first kappa shape index (κ1) is 25.8. The normalized spacial score (nSPS) is 15.0. The predicted molar refractivity (Wildman–Crippen MR) is 139 cm³/mol. The zero-order valence-corrected chi connectivity index (χ0v) is 21.6. The van der Waals surface area contributed by atoms with Crippen LogP contribution in [0.3, 0.4) is 0 Å². The molecule has 0 amide bonds. The van der Waals surface area contributed by atoms with Gasteiger partial charge < -0.3 is 24.1 Å². The van der Waals surface area contributed by atoms with Gasteiger partial charge in [0.05, 0.1) is 43.2 Å². The van der Waals surface area contributed by atoms with Crippen LogP contribution in [-0.2, 0) is 9.53 Å². The van der Waals surface area contributed by atoms with Gasteiger partial charge in [0.15, 0.2) is 27.8 Å². The van der Waals surface area contributed by atoms with Crippen molar-refractivity contribution in [3.05, 3.63) is 91.1 Å². The summed E-state index contributed by atoms with van der Waals surface area (Å²) >= 11 is 1.19. The lowest BCUT2D eigenvalue weighted by atomic mass is 9.95. The molecule has 4 rings (SSSR count). The Morgan fingerprint density at radius 2 is 1.89 bits per heavy atom. The molecule has 0 saturated heterocycles. The third kappa shape index (κ3) is 4.88. The van der Waals surface area contributed by atoms with E-state index >= 15 is 0 Å². The number of thiazole rings is 1. The number of phenols is 1. The lowest BCUT2D eigenvalue weighted by Gasteiger charge is -2.25. The van der Waals surface area contributed by atoms with Gasteiger partial charge in [-0.15, -0.1) is 0 Å². The van der Waals surface area contributed by atoms with E-state index in [2.05, 4.69) is 11.6 Å². The van der Waals surface area contributed by atoms with E-state index in [1.54, 1.807) is 49.4 Å². The monoisotopic (exact) mass is 522 g/mol. The van der Waals surface area contributed by atoms with Crippen molar-refractivity contribution in [1.29, 1.82) is 0 Å². The molecule has 1 unspecified atom stereocenters. The minimum absolute atomic E-state index is 0.00563. The molecule has 0 bridgehead atoms. The van der Waals surface area contributed by atoms with Gasteiger partial charge in [-0.2, -0.15) is 0 Å². The van der Waals surface area contributed by atoms with E-state index in [-0.39, 0.29) is 22.6 Å². The van der Waals surface area contributed by atoms with Crippen molar-refractivity contribution in [3.63, 3.8) is 0 Å². The number of allylic oxidation sites excluding steroid dienone is 1. The van der Waals surface area contributed by atoms with Crippen LogP contribution < -0.4 is 29.1 Å². The number of phenolic OH excluding ortho intramolecular Hbond substituents is 1. The minimum Gasteiger partial charge on any atom is -0.504 e. The van der Waals surface area contributed by atoms with Crippen LogP contribution >= 0.6 is 11.3 Å². The number of hydrogen-bond donors (Lipinski definition) is 1. The summed E-state index contributed by atoms with van der Waals surface area (Å²) < 4.78 is 23.3. The Morgan fingerprint density at radius 1 is 1.14 bits per heavy atom. The summed E-state index contributed by atoms with van der Waals surface area (Å²) in [5.41, 5.74) is 1.64. The van der Waals surface area contributed by atoms with Crippen LogP contribution in [0.5, 0.6) is 23.0 Å². The Kier molecular flexibility index (Phi) is 7.49. The van der Waals surface area contributed by atoms with Crippen LogP contribution in [0.2, 0.25) is 0 Å². The Balaban J connectivity index is 1.93. The van der Waals surface area contributed by atoms with Gasteiger partial charge in [0.25, 0.3) is 5.56 Å². The Bertz CT molecular complexity index is 1580. The summed E-state index contributed by atoms with van der Waals surface area (Å²) in [7, 11) is 4.25. The molecule has 0 spiro atoms. The number of fused-ring (bicyclic) bond motifs is 1. The molecule has 37 heavy (non-hydrogen) atoms. The first-order chi connectivity index (χ1) is 17.8. The highest BCUT2D eigenvalue weighted by molar-refractivity contribution is 7.07. The zero-order chi connectivity index (χ0) is 26.7. The quantitative estimate of drug-likeness (QED) is 0.358. The SMILES string of the molecule is C=CCOc1ccc(C2C(C(=O)OC)=C(C)N=c3sc(=Cc4ccc(O)c(OC)c4)c(=O)n32)cc1OC. The van der Waals surface area contributed by atoms with Gasteiger partial charge in [0.1, 0.15) is 6.61 Å². The summed E-state index contributed by atoms with van der Waals surface area (Å²) in [4.78, 5) is 31.6. The van der Waals surface area contributed by atoms with Gasteiger partial charge in [-0.1, -0.05) is 36.1 Å². The van der Waals surface area contributed by atoms with Crippen molar-refractivity contribution in [2.75, 3.05) is 27.9 Å². The average molecular weight is 523 g/mol. The second-order valence-electron chi connectivity index (χ2n) is 8.01. The number of rotatable bonds is 8. The molecule has 2 aromatic carbocycles. The lowest BCUT2D eigenvalue weighted by Crippen LogP contribution is -2.39. The van der Waals surface area contributed by atoms with E-state index in [1.165, 1.54) is 43.3 Å². The molecule has 1 aromatic heterocycles. The standard InChI is InChI=1S/C27H26N2O7S/c1-6-11-36-19-10-8-17(14-21(19)34-4)24-23(26(32)35-5)15(2)28-27-29(24)25(31)22(37-27)13-16-7-9-18(30)20(12-16)33-3/h6-10,12-14,24,30H,1,11H2,2-5H3. The third-order valence-corrected chi connectivity index (χ3v) is 6.77. The fraction of sp³-hybridized carbons (Fsp3) is 0.222. The maximum absolute atomic E-state index is 13.7. The number of aromatic hydroxyl groups is 1. The molecule has 0 fully saturated rings. The molecule has 1 aliphatic rings. The number of nitrogens with zero attached hydrogens (tertiary/aromatic N) is 2. The highest BCUT2D eigenvalue weighted by atomic mass is 32.1. The van der Waals surface area contributed by atoms with E-state index in [0.717, 1.165) is 0 Å². The van der Waals surface area contributed by atoms with Crippen LogP contribution in [0, 0.1) is 0 Å². The summed E-state index contributed by atoms with van der Waals surface area (Å²) in [5, 5.41) is 9.90. The topological polar surface area (TPSA) is 109 Å². The summed E-state index contributed by atoms with van der Waals surface area (Å²) in [6.45, 7) is 5.66. The van der Waals surface area contributed by atoms with E-state index in [9.17, 15) is 14.7 Å². The van der Waals surface area contributed by atoms with E-state index < -0.39 is 12.0 Å². The number of carbonyl (C=O) groups excluding carboxylic acids is 1. The van der Waals surface area contributed by atoms with Gasteiger partial charge >= 0.3 is 5.97 Å². The van der Waals surface area contributed by atoms with E-state index in [4.69, 9.17) is 18.9 Å². The molecule has 10 heteroatoms. The second kappa shape index (κ2) is 10.8. The summed E-state index contributed by atoms with van der Waals surface area (Å²) in [6, 6.07) is 9.21. The smallest absolute Gasteiger partial charge is 0.338 e. The molecular weight excluding hydrogens is 496 g/mol. The van der Waals surface area contributed by atoms with Gasteiger partial charge in [-0.05, 0) is 48.4 Å². The number of benzene rings is 2. The van der Waals surface area contributed by atoms with E-state index in [0.29, 0.717) is 44.3 Å². The van der Waals surface area contributed by atoms with Gasteiger partial charge in [-0.3, -0.25) is 9.36 Å². The number of aromatic nitrogens is 1. The predicted octanol–water partition coefficient (Wildman–Crippen LogP) is 2.70. The molecule has 192 valence electrons. The highest BCUT2D eigenvalue weighted by Crippen LogP contribution is 2.36. The number of ether oxygens (including phenoxy) is 4. The lowest BCUT2D eigenvalue weighted by molar-refractivity contribution is -0.136. The average Bonchev–Trinajstić information content (AvgIpc) is 3.21. The van der Waals surface area contributed by atoms with E-state index in [1.807, 2.05) is 0 Å². The van der Waals surface area contributed by atoms with Crippen molar-refractivity contribution in [2.45, 2.75) is 13.0 Å². The number of carbonyl (C=O) groups is 1. The molecule has 0 radical (unpaired) electrons. The zero-order valence-electron chi connectivity index (χ0n) is 20.8. The molecule has 0 aliphatic carbocycles. The van der Waals surface area contributed by atoms with Crippen LogP contribution in [0.4, 0.5) is 0 Å². The van der Waals surface area contributed by atoms with Gasteiger partial charge in [-0.25, -0.2) is 9.79 Å². The van der Waals surface area contributed by atoms with Crippen LogP contribution in [0.15, 0.2) is 70.1 Å². The number of methoxy groups -OCH3 is 3. The Hall–Kier alpha value is -4.31. The van der Waals surface area contributed by atoms with Crippen LogP contribution in [-0.4, -0.2) is 43.6 Å². The first-order valence-electron chi connectivity index (χ1n) is 11.2. The molecule has 9 nitrogen and oxygen atoms in total. The maximum atomic E-state index is 13.7. The highest BCUT2D eigenvalue weighted by Gasteiger charge is 2.33. The second-order valence-corrected chi connectivity index (χ2v) is 9.02. The van der Waals surface area contributed by atoms with Crippen molar-refractivity contribution >= 4 is 23.4 Å². The Labute approximate surface area is 216 Å². The van der Waals surface area contributed by atoms with Crippen molar-refractivity contribution in [3.8, 4) is 23.0 Å². The molecule has 3 aromatic rings. The number of esters is 1. The van der Waals surface area contributed by atoms with Crippen molar-refractivity contribution in [2.24, 2.45) is 4.99 Å². The Morgan fingerprint density at radius 3 is 2.57 bits per heavy atom. The molecule has 2 heterocycles. The van der Waals surface area contributed by atoms with Gasteiger partial charge in [0, 0.05) is 0 Å².